The Bertz CT molecular complexity index is 1030. The summed E-state index contributed by atoms with van der Waals surface area (Å²) in [6, 6.07) is 9.05. The van der Waals surface area contributed by atoms with Gasteiger partial charge >= 0.3 is 11.9 Å². The molecule has 6 heteroatoms. The molecule has 2 aromatic carbocycles. The number of hydrogen-bond acceptors (Lipinski definition) is 6. The van der Waals surface area contributed by atoms with Crippen molar-refractivity contribution in [3.63, 3.8) is 0 Å². The summed E-state index contributed by atoms with van der Waals surface area (Å²) in [5.74, 6) is -0.917. The fraction of sp³-hybridized carbons (Fsp3) is 0.400. The quantitative estimate of drug-likeness (QED) is 0.616. The topological polar surface area (TPSA) is 78.9 Å². The van der Waals surface area contributed by atoms with E-state index >= 15 is 0 Å². The summed E-state index contributed by atoms with van der Waals surface area (Å²) in [5, 5.41) is 0. The van der Waals surface area contributed by atoms with E-state index < -0.39 is 11.9 Å². The number of methoxy groups -OCH3 is 1. The van der Waals surface area contributed by atoms with Crippen molar-refractivity contribution < 1.29 is 28.6 Å². The molecule has 0 saturated carbocycles. The molecule has 0 aromatic heterocycles. The molecule has 0 atom stereocenters. The molecule has 2 aromatic rings. The van der Waals surface area contributed by atoms with E-state index in [0.29, 0.717) is 23.3 Å². The molecule has 31 heavy (non-hydrogen) atoms. The SMILES string of the molecule is CCOC(=O)c1c(-c2cccc(OC)c2)cc2c(c1C(=O)OCC)C(=O)CC(C)(C)C2. The van der Waals surface area contributed by atoms with Gasteiger partial charge in [0.2, 0.25) is 0 Å². The van der Waals surface area contributed by atoms with Crippen molar-refractivity contribution in [2.75, 3.05) is 20.3 Å². The van der Waals surface area contributed by atoms with Crippen LogP contribution >= 0.6 is 0 Å². The summed E-state index contributed by atoms with van der Waals surface area (Å²) in [6.45, 7) is 7.67. The zero-order valence-corrected chi connectivity index (χ0v) is 18.7. The minimum Gasteiger partial charge on any atom is -0.497 e. The molecule has 0 bridgehead atoms. The second-order valence-corrected chi connectivity index (χ2v) is 8.32. The largest absolute Gasteiger partial charge is 0.497 e. The molecule has 0 amide bonds. The highest BCUT2D eigenvalue weighted by Gasteiger charge is 2.38. The first-order valence-electron chi connectivity index (χ1n) is 10.4. The van der Waals surface area contributed by atoms with E-state index in [0.717, 1.165) is 5.56 Å². The van der Waals surface area contributed by atoms with E-state index in [1.807, 2.05) is 32.0 Å². The van der Waals surface area contributed by atoms with Crippen LogP contribution in [0.3, 0.4) is 0 Å². The first kappa shape index (κ1) is 22.5. The monoisotopic (exact) mass is 424 g/mol. The molecular weight excluding hydrogens is 396 g/mol. The molecule has 3 rings (SSSR count). The van der Waals surface area contributed by atoms with Crippen LogP contribution in [0.1, 0.15) is 70.8 Å². The van der Waals surface area contributed by atoms with Gasteiger partial charge in [-0.2, -0.15) is 0 Å². The maximum Gasteiger partial charge on any atom is 0.339 e. The number of ketones is 1. The molecular formula is C25H28O6. The number of carbonyl (C=O) groups is 3. The number of ether oxygens (including phenoxy) is 3. The highest BCUT2D eigenvalue weighted by atomic mass is 16.5. The lowest BCUT2D eigenvalue weighted by molar-refractivity contribution is 0.0477. The fourth-order valence-electron chi connectivity index (χ4n) is 4.14. The van der Waals surface area contributed by atoms with Gasteiger partial charge in [0.15, 0.2) is 5.78 Å². The van der Waals surface area contributed by atoms with Crippen LogP contribution in [0.2, 0.25) is 0 Å². The van der Waals surface area contributed by atoms with Gasteiger partial charge < -0.3 is 14.2 Å². The number of carbonyl (C=O) groups excluding carboxylic acids is 3. The van der Waals surface area contributed by atoms with Crippen molar-refractivity contribution in [3.05, 3.63) is 52.6 Å². The molecule has 0 aliphatic heterocycles. The Morgan fingerprint density at radius 3 is 2.23 bits per heavy atom. The molecule has 6 nitrogen and oxygen atoms in total. The predicted octanol–water partition coefficient (Wildman–Crippen LogP) is 4.87. The Hall–Kier alpha value is -3.15. The van der Waals surface area contributed by atoms with Gasteiger partial charge in [0.25, 0.3) is 0 Å². The van der Waals surface area contributed by atoms with E-state index in [4.69, 9.17) is 14.2 Å². The third kappa shape index (κ3) is 4.48. The minimum absolute atomic E-state index is 0.00359. The maximum atomic E-state index is 13.1. The molecule has 0 heterocycles. The van der Waals surface area contributed by atoms with Crippen LogP contribution in [0.15, 0.2) is 30.3 Å². The lowest BCUT2D eigenvalue weighted by Gasteiger charge is -2.32. The lowest BCUT2D eigenvalue weighted by atomic mass is 9.71. The standard InChI is InChI=1S/C25H28O6/c1-6-30-23(27)21-18(15-9-8-10-17(11-15)29-5)12-16-13-25(3,4)14-19(26)20(16)22(21)24(28)31-7-2/h8-12H,6-7,13-14H2,1-5H3. The molecule has 1 aliphatic carbocycles. The van der Waals surface area contributed by atoms with Gasteiger partial charge in [0.1, 0.15) is 5.75 Å². The molecule has 164 valence electrons. The van der Waals surface area contributed by atoms with Crippen LogP contribution in [0.4, 0.5) is 0 Å². The van der Waals surface area contributed by atoms with E-state index in [9.17, 15) is 14.4 Å². The first-order valence-corrected chi connectivity index (χ1v) is 10.4. The molecule has 0 radical (unpaired) electrons. The van der Waals surface area contributed by atoms with Gasteiger partial charge in [0, 0.05) is 12.0 Å². The Kier molecular flexibility index (Phi) is 6.48. The van der Waals surface area contributed by atoms with Crippen LogP contribution in [0.25, 0.3) is 11.1 Å². The number of hydrogen-bond donors (Lipinski definition) is 0. The summed E-state index contributed by atoms with van der Waals surface area (Å²) >= 11 is 0. The smallest absolute Gasteiger partial charge is 0.339 e. The summed E-state index contributed by atoms with van der Waals surface area (Å²) in [4.78, 5) is 39.3. The summed E-state index contributed by atoms with van der Waals surface area (Å²) in [7, 11) is 1.56. The van der Waals surface area contributed by atoms with E-state index in [2.05, 4.69) is 0 Å². The molecule has 0 N–H and O–H groups in total. The Labute approximate surface area is 182 Å². The van der Waals surface area contributed by atoms with Gasteiger partial charge in [-0.3, -0.25) is 4.79 Å². The average molecular weight is 424 g/mol. The number of fused-ring (bicyclic) bond motifs is 1. The van der Waals surface area contributed by atoms with Gasteiger partial charge in [-0.1, -0.05) is 26.0 Å². The van der Waals surface area contributed by atoms with Crippen LogP contribution in [-0.2, 0) is 15.9 Å². The highest BCUT2D eigenvalue weighted by Crippen LogP contribution is 2.41. The summed E-state index contributed by atoms with van der Waals surface area (Å²) in [6.07, 6.45) is 0.883. The molecule has 0 unspecified atom stereocenters. The fourth-order valence-corrected chi connectivity index (χ4v) is 4.14. The molecule has 0 saturated heterocycles. The number of esters is 2. The Morgan fingerprint density at radius 1 is 0.968 bits per heavy atom. The van der Waals surface area contributed by atoms with Crippen LogP contribution in [-0.4, -0.2) is 38.0 Å². The van der Waals surface area contributed by atoms with Crippen LogP contribution in [0.5, 0.6) is 5.75 Å². The minimum atomic E-state index is -0.695. The van der Waals surface area contributed by atoms with Gasteiger partial charge in [0.05, 0.1) is 31.5 Å². The van der Waals surface area contributed by atoms with E-state index in [-0.39, 0.29) is 47.5 Å². The van der Waals surface area contributed by atoms with Crippen LogP contribution < -0.4 is 4.74 Å². The van der Waals surface area contributed by atoms with Crippen molar-refractivity contribution >= 4 is 17.7 Å². The highest BCUT2D eigenvalue weighted by molar-refractivity contribution is 6.16. The zero-order chi connectivity index (χ0) is 22.8. The van der Waals surface area contributed by atoms with Crippen LogP contribution in [0, 0.1) is 5.41 Å². The second kappa shape index (κ2) is 8.92. The first-order chi connectivity index (χ1) is 14.7. The van der Waals surface area contributed by atoms with E-state index in [1.165, 1.54) is 0 Å². The van der Waals surface area contributed by atoms with Gasteiger partial charge in [-0.05, 0) is 60.6 Å². The summed E-state index contributed by atoms with van der Waals surface area (Å²) in [5.41, 5.74) is 2.00. The average Bonchev–Trinajstić information content (AvgIpc) is 2.71. The Balaban J connectivity index is 2.41. The van der Waals surface area contributed by atoms with Gasteiger partial charge in [-0.25, -0.2) is 9.59 Å². The third-order valence-electron chi connectivity index (χ3n) is 5.34. The summed E-state index contributed by atoms with van der Waals surface area (Å²) < 4.78 is 15.9. The molecule has 1 aliphatic rings. The van der Waals surface area contributed by atoms with Crippen molar-refractivity contribution in [2.45, 2.75) is 40.5 Å². The van der Waals surface area contributed by atoms with Gasteiger partial charge in [-0.15, -0.1) is 0 Å². The van der Waals surface area contributed by atoms with Crippen molar-refractivity contribution in [2.24, 2.45) is 5.41 Å². The third-order valence-corrected chi connectivity index (χ3v) is 5.34. The predicted molar refractivity (Wildman–Crippen MR) is 117 cm³/mol. The number of benzene rings is 2. The number of rotatable bonds is 6. The zero-order valence-electron chi connectivity index (χ0n) is 18.7. The molecule has 0 spiro atoms. The van der Waals surface area contributed by atoms with Crippen molar-refractivity contribution in [1.29, 1.82) is 0 Å². The maximum absolute atomic E-state index is 13.1. The second-order valence-electron chi connectivity index (χ2n) is 8.32. The van der Waals surface area contributed by atoms with Crippen molar-refractivity contribution in [3.8, 4) is 16.9 Å². The molecule has 0 fully saturated rings. The number of Topliss-reactive ketones (excluding diaryl/α,β-unsaturated/α-hetero) is 1. The Morgan fingerprint density at radius 2 is 1.61 bits per heavy atom. The van der Waals surface area contributed by atoms with Crippen molar-refractivity contribution in [1.82, 2.24) is 0 Å². The normalized spacial score (nSPS) is 14.5. The lowest BCUT2D eigenvalue weighted by Crippen LogP contribution is -2.31. The van der Waals surface area contributed by atoms with E-state index in [1.54, 1.807) is 33.1 Å².